The maximum atomic E-state index is 12.6. The van der Waals surface area contributed by atoms with Crippen LogP contribution in [0.3, 0.4) is 0 Å². The normalized spacial score (nSPS) is 19.6. The smallest absolute Gasteiger partial charge is 0.357 e. The highest BCUT2D eigenvalue weighted by molar-refractivity contribution is 14.1. The number of carbonyl (C=O) groups excluding carboxylic acids is 2. The van der Waals surface area contributed by atoms with Crippen molar-refractivity contribution in [3.8, 4) is 0 Å². The van der Waals surface area contributed by atoms with Crippen LogP contribution in [-0.4, -0.2) is 37.2 Å². The Kier molecular flexibility index (Phi) is 9.44. The number of esters is 1. The predicted octanol–water partition coefficient (Wildman–Crippen LogP) is 4.80. The van der Waals surface area contributed by atoms with Crippen molar-refractivity contribution in [1.82, 2.24) is 4.98 Å². The second-order valence-corrected chi connectivity index (χ2v) is 8.79. The molecule has 27 heavy (non-hydrogen) atoms. The Bertz CT molecular complexity index is 663. The average Bonchev–Trinajstić information content (AvgIpc) is 2.67. The summed E-state index contributed by atoms with van der Waals surface area (Å²) >= 11 is 5.40. The number of amides is 1. The lowest BCUT2D eigenvalue weighted by Gasteiger charge is -2.27. The maximum Gasteiger partial charge on any atom is 0.357 e. The van der Waals surface area contributed by atoms with Crippen molar-refractivity contribution in [1.29, 1.82) is 0 Å². The monoisotopic (exact) mass is 552 g/mol. The number of carbonyl (C=O) groups is 2. The number of unbranched alkanes of at least 4 members (excludes halogenated alkanes) is 1. The van der Waals surface area contributed by atoms with Gasteiger partial charge in [0.05, 0.1) is 15.2 Å². The largest absolute Gasteiger partial charge is 0.464 e. The summed E-state index contributed by atoms with van der Waals surface area (Å²) in [5.41, 5.74) is 0.154. The van der Waals surface area contributed by atoms with Crippen LogP contribution in [0.5, 0.6) is 0 Å². The number of rotatable bonds is 8. The summed E-state index contributed by atoms with van der Waals surface area (Å²) in [6.45, 7) is 3.78. The molecule has 1 N–H and O–H groups in total. The number of nitrogens with zero attached hydrogens (tertiary/aromatic N) is 1. The quantitative estimate of drug-likeness (QED) is 0.285. The van der Waals surface area contributed by atoms with E-state index in [1.165, 1.54) is 7.11 Å². The Morgan fingerprint density at radius 1 is 1.33 bits per heavy atom. The van der Waals surface area contributed by atoms with Gasteiger partial charge in [-0.2, -0.15) is 0 Å². The number of anilines is 1. The first-order valence-corrected chi connectivity index (χ1v) is 11.2. The number of hydrogen-bond donors (Lipinski definition) is 1. The van der Waals surface area contributed by atoms with Crippen LogP contribution in [0, 0.1) is 15.4 Å². The van der Waals surface area contributed by atoms with Crippen molar-refractivity contribution in [3.63, 3.8) is 0 Å². The highest BCUT2D eigenvalue weighted by atomic mass is 127. The standard InChI is InChI=1S/C19H26BrIN2O4/c1-3-4-9-27-11-12-5-7-13(8-6-12)18(24)23-17-15(21)10-14(20)16(22-17)19(25)26-2/h10,12-13H,3-9,11H2,1-2H3,(H,22,23,24). The summed E-state index contributed by atoms with van der Waals surface area (Å²) in [5.74, 6) is 0.331. The molecule has 1 aliphatic carbocycles. The lowest BCUT2D eigenvalue weighted by Crippen LogP contribution is -2.29. The van der Waals surface area contributed by atoms with Gasteiger partial charge < -0.3 is 14.8 Å². The molecule has 1 aromatic rings. The third-order valence-corrected chi connectivity index (χ3v) is 6.19. The minimum atomic E-state index is -0.544. The Hall–Kier alpha value is -0.740. The van der Waals surface area contributed by atoms with Crippen LogP contribution in [0.1, 0.15) is 55.9 Å². The number of methoxy groups -OCH3 is 1. The summed E-state index contributed by atoms with van der Waals surface area (Å²) in [5, 5.41) is 2.88. The van der Waals surface area contributed by atoms with Crippen molar-refractivity contribution in [2.75, 3.05) is 25.6 Å². The van der Waals surface area contributed by atoms with Gasteiger partial charge in [-0.25, -0.2) is 9.78 Å². The van der Waals surface area contributed by atoms with Crippen LogP contribution in [0.4, 0.5) is 5.82 Å². The first-order valence-electron chi connectivity index (χ1n) is 9.29. The van der Waals surface area contributed by atoms with Gasteiger partial charge in [0.25, 0.3) is 0 Å². The number of aromatic nitrogens is 1. The number of ether oxygens (including phenoxy) is 2. The molecular weight excluding hydrogens is 527 g/mol. The van der Waals surface area contributed by atoms with E-state index in [4.69, 9.17) is 9.47 Å². The first kappa shape index (κ1) is 22.5. The van der Waals surface area contributed by atoms with Gasteiger partial charge in [0.15, 0.2) is 5.69 Å². The van der Waals surface area contributed by atoms with E-state index in [2.05, 4.69) is 55.7 Å². The molecule has 8 heteroatoms. The molecule has 0 radical (unpaired) electrons. The molecule has 0 bridgehead atoms. The van der Waals surface area contributed by atoms with E-state index in [1.54, 1.807) is 6.07 Å². The summed E-state index contributed by atoms with van der Waals surface area (Å²) in [7, 11) is 1.30. The molecule has 1 heterocycles. The predicted molar refractivity (Wildman–Crippen MR) is 116 cm³/mol. The Morgan fingerprint density at radius 2 is 2.04 bits per heavy atom. The molecule has 1 saturated carbocycles. The first-order chi connectivity index (χ1) is 13.0. The van der Waals surface area contributed by atoms with Crippen LogP contribution in [0.15, 0.2) is 10.5 Å². The molecule has 0 unspecified atom stereocenters. The molecule has 6 nitrogen and oxygen atoms in total. The zero-order chi connectivity index (χ0) is 19.8. The number of nitrogens with one attached hydrogen (secondary N) is 1. The zero-order valence-corrected chi connectivity index (χ0v) is 19.5. The lowest BCUT2D eigenvalue weighted by molar-refractivity contribution is -0.121. The van der Waals surface area contributed by atoms with Crippen molar-refractivity contribution < 1.29 is 19.1 Å². The fourth-order valence-electron chi connectivity index (χ4n) is 3.10. The third-order valence-electron chi connectivity index (χ3n) is 4.76. The number of pyridine rings is 1. The number of hydrogen-bond acceptors (Lipinski definition) is 5. The molecule has 1 aromatic heterocycles. The van der Waals surface area contributed by atoms with E-state index >= 15 is 0 Å². The fourth-order valence-corrected chi connectivity index (χ4v) is 4.57. The van der Waals surface area contributed by atoms with Crippen molar-refractivity contribution in [2.24, 2.45) is 11.8 Å². The van der Waals surface area contributed by atoms with Gasteiger partial charge in [-0.3, -0.25) is 4.79 Å². The highest BCUT2D eigenvalue weighted by Gasteiger charge is 2.27. The van der Waals surface area contributed by atoms with Gasteiger partial charge in [-0.05, 0) is 82.6 Å². The van der Waals surface area contributed by atoms with Crippen molar-refractivity contribution >= 4 is 56.2 Å². The second-order valence-electron chi connectivity index (χ2n) is 6.78. The molecule has 0 atom stereocenters. The molecule has 0 saturated heterocycles. The Morgan fingerprint density at radius 3 is 2.67 bits per heavy atom. The Balaban J connectivity index is 1.90. The van der Waals surface area contributed by atoms with E-state index in [-0.39, 0.29) is 17.5 Å². The van der Waals surface area contributed by atoms with Gasteiger partial charge in [-0.1, -0.05) is 13.3 Å². The molecule has 0 aliphatic heterocycles. The van der Waals surface area contributed by atoms with Crippen LogP contribution >= 0.6 is 38.5 Å². The summed E-state index contributed by atoms with van der Waals surface area (Å²) in [4.78, 5) is 28.7. The SMILES string of the molecule is CCCCOCC1CCC(C(=O)Nc2nc(C(=O)OC)c(Br)cc2I)CC1. The molecule has 1 amide bonds. The maximum absolute atomic E-state index is 12.6. The second kappa shape index (κ2) is 11.3. The fraction of sp³-hybridized carbons (Fsp3) is 0.632. The van der Waals surface area contributed by atoms with Crippen LogP contribution in [0.25, 0.3) is 0 Å². The molecular formula is C19H26BrIN2O4. The van der Waals surface area contributed by atoms with Gasteiger partial charge >= 0.3 is 5.97 Å². The van der Waals surface area contributed by atoms with Crippen molar-refractivity contribution in [2.45, 2.75) is 45.4 Å². The lowest BCUT2D eigenvalue weighted by atomic mass is 9.82. The molecule has 0 spiro atoms. The van der Waals surface area contributed by atoms with Gasteiger partial charge in [0.1, 0.15) is 5.82 Å². The topological polar surface area (TPSA) is 77.5 Å². The summed E-state index contributed by atoms with van der Waals surface area (Å²) in [6.07, 6.45) is 5.96. The van der Waals surface area contributed by atoms with E-state index in [0.717, 1.165) is 55.3 Å². The third kappa shape index (κ3) is 6.67. The van der Waals surface area contributed by atoms with Crippen LogP contribution < -0.4 is 5.32 Å². The summed E-state index contributed by atoms with van der Waals surface area (Å²) in [6, 6.07) is 1.75. The van der Waals surface area contributed by atoms with Gasteiger partial charge in [0, 0.05) is 19.1 Å². The number of halogens is 2. The van der Waals surface area contributed by atoms with Gasteiger partial charge in [0.2, 0.25) is 5.91 Å². The minimum Gasteiger partial charge on any atom is -0.464 e. The van der Waals surface area contributed by atoms with Gasteiger partial charge in [-0.15, -0.1) is 0 Å². The van der Waals surface area contributed by atoms with E-state index in [0.29, 0.717) is 16.2 Å². The van der Waals surface area contributed by atoms with E-state index < -0.39 is 5.97 Å². The van der Waals surface area contributed by atoms with Crippen molar-refractivity contribution in [3.05, 3.63) is 19.8 Å². The van der Waals surface area contributed by atoms with E-state index in [1.807, 2.05) is 0 Å². The summed E-state index contributed by atoms with van der Waals surface area (Å²) < 4.78 is 11.8. The molecule has 1 fully saturated rings. The highest BCUT2D eigenvalue weighted by Crippen LogP contribution is 2.31. The minimum absolute atomic E-state index is 0.0280. The molecule has 0 aromatic carbocycles. The Labute approximate surface area is 182 Å². The zero-order valence-electron chi connectivity index (χ0n) is 15.7. The van der Waals surface area contributed by atoms with E-state index in [9.17, 15) is 9.59 Å². The molecule has 1 aliphatic rings. The van der Waals surface area contributed by atoms with Crippen LogP contribution in [0.2, 0.25) is 0 Å². The molecule has 150 valence electrons. The van der Waals surface area contributed by atoms with Crippen LogP contribution in [-0.2, 0) is 14.3 Å². The average molecular weight is 553 g/mol. The molecule has 2 rings (SSSR count).